The third-order valence-corrected chi connectivity index (χ3v) is 3.46. The average Bonchev–Trinajstić information content (AvgIpc) is 2.84. The first-order valence-corrected chi connectivity index (χ1v) is 6.99. The summed E-state index contributed by atoms with van der Waals surface area (Å²) in [4.78, 5) is 16.3. The molecule has 2 rings (SSSR count). The van der Waals surface area contributed by atoms with Crippen LogP contribution in [0.2, 0.25) is 0 Å². The summed E-state index contributed by atoms with van der Waals surface area (Å²) in [5, 5.41) is 2.87. The highest BCUT2D eigenvalue weighted by Gasteiger charge is 2.12. The van der Waals surface area contributed by atoms with Crippen molar-refractivity contribution in [3.05, 3.63) is 46.5 Å². The fourth-order valence-corrected chi connectivity index (χ4v) is 2.21. The molecule has 0 saturated carbocycles. The van der Waals surface area contributed by atoms with Gasteiger partial charge in [0, 0.05) is 36.9 Å². The minimum Gasteiger partial charge on any atom is -0.496 e. The average molecular weight is 338 g/mol. The van der Waals surface area contributed by atoms with Crippen LogP contribution in [0.1, 0.15) is 16.2 Å². The number of nitrogens with one attached hydrogen (secondary N) is 1. The van der Waals surface area contributed by atoms with E-state index in [4.69, 9.17) is 4.74 Å². The fraction of sp³-hybridized carbons (Fsp3) is 0.286. The lowest BCUT2D eigenvalue weighted by molar-refractivity contribution is 0.0951. The Morgan fingerprint density at radius 1 is 1.50 bits per heavy atom. The summed E-state index contributed by atoms with van der Waals surface area (Å²) in [7, 11) is 3.48. The summed E-state index contributed by atoms with van der Waals surface area (Å²) < 4.78 is 8.02. The Morgan fingerprint density at radius 3 is 2.95 bits per heavy atom. The molecule has 1 N–H and O–H groups in total. The molecule has 6 heteroatoms. The molecule has 0 aliphatic carbocycles. The second kappa shape index (κ2) is 6.56. The van der Waals surface area contributed by atoms with Gasteiger partial charge in [-0.15, -0.1) is 0 Å². The Balaban J connectivity index is 1.97. The largest absolute Gasteiger partial charge is 0.496 e. The molecule has 0 saturated heterocycles. The molecule has 1 aromatic carbocycles. The molecular weight excluding hydrogens is 322 g/mol. The number of hydrogen-bond donors (Lipinski definition) is 1. The molecule has 0 atom stereocenters. The number of ether oxygens (including phenoxy) is 1. The van der Waals surface area contributed by atoms with Crippen LogP contribution in [0, 0.1) is 0 Å². The van der Waals surface area contributed by atoms with Crippen LogP contribution in [0.25, 0.3) is 0 Å². The van der Waals surface area contributed by atoms with Gasteiger partial charge in [-0.3, -0.25) is 4.79 Å². The molecule has 0 radical (unpaired) electrons. The lowest BCUT2D eigenvalue weighted by Gasteiger charge is -2.09. The molecule has 0 unspecified atom stereocenters. The molecule has 0 aliphatic rings. The maximum atomic E-state index is 12.1. The number of benzene rings is 1. The van der Waals surface area contributed by atoms with E-state index in [2.05, 4.69) is 26.2 Å². The van der Waals surface area contributed by atoms with E-state index in [1.807, 2.05) is 23.9 Å². The van der Waals surface area contributed by atoms with Crippen LogP contribution in [0.15, 0.2) is 35.1 Å². The van der Waals surface area contributed by atoms with Gasteiger partial charge in [0.15, 0.2) is 0 Å². The summed E-state index contributed by atoms with van der Waals surface area (Å²) >= 11 is 3.35. The van der Waals surface area contributed by atoms with E-state index in [-0.39, 0.29) is 5.91 Å². The quantitative estimate of drug-likeness (QED) is 0.909. The van der Waals surface area contributed by atoms with Gasteiger partial charge < -0.3 is 14.6 Å². The van der Waals surface area contributed by atoms with Crippen molar-refractivity contribution < 1.29 is 9.53 Å². The molecule has 1 aromatic heterocycles. The second-order valence-corrected chi connectivity index (χ2v) is 5.22. The number of amides is 1. The number of carbonyl (C=O) groups excluding carboxylic acids is 1. The summed E-state index contributed by atoms with van der Waals surface area (Å²) in [5.74, 6) is 1.34. The molecule has 0 fully saturated rings. The maximum absolute atomic E-state index is 12.1. The van der Waals surface area contributed by atoms with E-state index in [9.17, 15) is 4.79 Å². The number of aromatic nitrogens is 2. The van der Waals surface area contributed by atoms with Gasteiger partial charge in [0.05, 0.1) is 12.7 Å². The number of hydrogen-bond acceptors (Lipinski definition) is 3. The zero-order valence-corrected chi connectivity index (χ0v) is 13.0. The first kappa shape index (κ1) is 14.6. The maximum Gasteiger partial charge on any atom is 0.255 e. The van der Waals surface area contributed by atoms with Gasteiger partial charge in [0.25, 0.3) is 5.91 Å². The van der Waals surface area contributed by atoms with Crippen LogP contribution in [-0.4, -0.2) is 29.1 Å². The Labute approximate surface area is 126 Å². The number of rotatable bonds is 5. The van der Waals surface area contributed by atoms with Crippen molar-refractivity contribution in [3.8, 4) is 5.75 Å². The van der Waals surface area contributed by atoms with Crippen molar-refractivity contribution in [1.82, 2.24) is 14.9 Å². The molecular formula is C14H16BrN3O2. The van der Waals surface area contributed by atoms with Crippen molar-refractivity contribution in [2.75, 3.05) is 13.7 Å². The van der Waals surface area contributed by atoms with E-state index in [0.29, 0.717) is 24.3 Å². The van der Waals surface area contributed by atoms with E-state index in [0.717, 1.165) is 10.3 Å². The van der Waals surface area contributed by atoms with Crippen molar-refractivity contribution in [3.63, 3.8) is 0 Å². The van der Waals surface area contributed by atoms with Gasteiger partial charge in [0.2, 0.25) is 0 Å². The molecule has 1 heterocycles. The molecule has 0 spiro atoms. The van der Waals surface area contributed by atoms with E-state index in [1.54, 1.807) is 25.4 Å². The lowest BCUT2D eigenvalue weighted by atomic mass is 10.2. The van der Waals surface area contributed by atoms with Gasteiger partial charge in [-0.05, 0) is 18.2 Å². The fourth-order valence-electron chi connectivity index (χ4n) is 1.87. The highest BCUT2D eigenvalue weighted by molar-refractivity contribution is 9.10. The van der Waals surface area contributed by atoms with Gasteiger partial charge in [-0.2, -0.15) is 0 Å². The minimum absolute atomic E-state index is 0.149. The van der Waals surface area contributed by atoms with Crippen molar-refractivity contribution in [1.29, 1.82) is 0 Å². The summed E-state index contributed by atoms with van der Waals surface area (Å²) in [5.41, 5.74) is 0.524. The van der Waals surface area contributed by atoms with Crippen molar-refractivity contribution in [2.45, 2.75) is 6.42 Å². The Morgan fingerprint density at radius 2 is 2.30 bits per heavy atom. The zero-order chi connectivity index (χ0) is 14.5. The predicted octanol–water partition coefficient (Wildman–Crippen LogP) is 2.16. The third-order valence-electron chi connectivity index (χ3n) is 2.96. The van der Waals surface area contributed by atoms with Gasteiger partial charge in [-0.25, -0.2) is 4.98 Å². The Hall–Kier alpha value is -1.82. The third kappa shape index (κ3) is 3.39. The van der Waals surface area contributed by atoms with Gasteiger partial charge in [0.1, 0.15) is 11.6 Å². The van der Waals surface area contributed by atoms with Crippen LogP contribution < -0.4 is 10.1 Å². The zero-order valence-electron chi connectivity index (χ0n) is 11.4. The molecule has 20 heavy (non-hydrogen) atoms. The second-order valence-electron chi connectivity index (χ2n) is 4.30. The number of imidazole rings is 1. The van der Waals surface area contributed by atoms with E-state index >= 15 is 0 Å². The standard InChI is InChI=1S/C14H16BrN3O2/c1-18-8-7-16-13(18)5-6-17-14(19)11-4-3-10(15)9-12(11)20-2/h3-4,7-9H,5-6H2,1-2H3,(H,17,19). The van der Waals surface area contributed by atoms with Crippen molar-refractivity contribution >= 4 is 21.8 Å². The molecule has 106 valence electrons. The smallest absolute Gasteiger partial charge is 0.255 e. The molecule has 0 aliphatic heterocycles. The first-order valence-electron chi connectivity index (χ1n) is 6.19. The predicted molar refractivity (Wildman–Crippen MR) is 79.9 cm³/mol. The van der Waals surface area contributed by atoms with Gasteiger partial charge >= 0.3 is 0 Å². The molecule has 2 aromatic rings. The van der Waals surface area contributed by atoms with Crippen LogP contribution in [0.4, 0.5) is 0 Å². The van der Waals surface area contributed by atoms with Crippen LogP contribution in [-0.2, 0) is 13.5 Å². The number of methoxy groups -OCH3 is 1. The monoisotopic (exact) mass is 337 g/mol. The van der Waals surface area contributed by atoms with Crippen LogP contribution in [0.3, 0.4) is 0 Å². The summed E-state index contributed by atoms with van der Waals surface area (Å²) in [6.45, 7) is 0.531. The lowest BCUT2D eigenvalue weighted by Crippen LogP contribution is -2.26. The highest BCUT2D eigenvalue weighted by atomic mass is 79.9. The van der Waals surface area contributed by atoms with Crippen LogP contribution >= 0.6 is 15.9 Å². The summed E-state index contributed by atoms with van der Waals surface area (Å²) in [6, 6.07) is 5.32. The SMILES string of the molecule is COc1cc(Br)ccc1C(=O)NCCc1nccn1C. The Bertz CT molecular complexity index is 610. The number of carbonyl (C=O) groups is 1. The normalized spacial score (nSPS) is 10.3. The number of aryl methyl sites for hydroxylation is 1. The number of nitrogens with zero attached hydrogens (tertiary/aromatic N) is 2. The van der Waals surface area contributed by atoms with Gasteiger partial charge in [-0.1, -0.05) is 15.9 Å². The van der Waals surface area contributed by atoms with E-state index < -0.39 is 0 Å². The van der Waals surface area contributed by atoms with Crippen molar-refractivity contribution in [2.24, 2.45) is 7.05 Å². The topological polar surface area (TPSA) is 56.1 Å². The minimum atomic E-state index is -0.149. The van der Waals surface area contributed by atoms with E-state index in [1.165, 1.54) is 0 Å². The van der Waals surface area contributed by atoms with Crippen LogP contribution in [0.5, 0.6) is 5.75 Å². The molecule has 0 bridgehead atoms. The molecule has 5 nitrogen and oxygen atoms in total. The number of halogens is 1. The first-order chi connectivity index (χ1) is 9.61. The Kier molecular flexibility index (Phi) is 4.79. The highest BCUT2D eigenvalue weighted by Crippen LogP contribution is 2.23. The molecule has 1 amide bonds. The summed E-state index contributed by atoms with van der Waals surface area (Å²) in [6.07, 6.45) is 4.32.